The average Bonchev–Trinajstić information content (AvgIpc) is 2.49. The van der Waals surface area contributed by atoms with Gasteiger partial charge in [-0.3, -0.25) is 14.5 Å². The smallest absolute Gasteiger partial charge is 0.306 e. The van der Waals surface area contributed by atoms with Crippen LogP contribution in [0.3, 0.4) is 0 Å². The molecule has 110 valence electrons. The summed E-state index contributed by atoms with van der Waals surface area (Å²) in [7, 11) is 1.37. The fourth-order valence-electron chi connectivity index (χ4n) is 1.76. The molecule has 0 heterocycles. The van der Waals surface area contributed by atoms with Gasteiger partial charge in [0.1, 0.15) is 0 Å². The predicted octanol–water partition coefficient (Wildman–Crippen LogP) is 1.19. The Morgan fingerprint density at radius 1 is 1.25 bits per heavy atom. The molecule has 0 aliphatic carbocycles. The molecule has 0 aromatic heterocycles. The van der Waals surface area contributed by atoms with Crippen molar-refractivity contribution in [2.75, 3.05) is 26.7 Å². The number of likely N-dealkylation sites (N-methyl/N-ethyl adjacent to an activating group) is 1. The van der Waals surface area contributed by atoms with E-state index in [1.165, 1.54) is 7.11 Å². The van der Waals surface area contributed by atoms with E-state index in [9.17, 15) is 9.59 Å². The number of hydrogen-bond donors (Lipinski definition) is 1. The van der Waals surface area contributed by atoms with Gasteiger partial charge in [0.05, 0.1) is 20.1 Å². The number of benzene rings is 1. The number of ether oxygens (including phenoxy) is 1. The highest BCUT2D eigenvalue weighted by Crippen LogP contribution is 1.98. The first-order chi connectivity index (χ1) is 9.65. The molecule has 0 aliphatic heterocycles. The van der Waals surface area contributed by atoms with Crippen LogP contribution in [-0.4, -0.2) is 43.5 Å². The highest BCUT2D eigenvalue weighted by Gasteiger charge is 2.10. The Bertz CT molecular complexity index is 420. The highest BCUT2D eigenvalue weighted by atomic mass is 16.5. The minimum absolute atomic E-state index is 0.0411. The van der Waals surface area contributed by atoms with Crippen LogP contribution < -0.4 is 5.32 Å². The van der Waals surface area contributed by atoms with E-state index >= 15 is 0 Å². The van der Waals surface area contributed by atoms with Gasteiger partial charge < -0.3 is 10.1 Å². The lowest BCUT2D eigenvalue weighted by molar-refractivity contribution is -0.141. The van der Waals surface area contributed by atoms with Crippen LogP contribution in [0.15, 0.2) is 30.3 Å². The Balaban J connectivity index is 2.30. The van der Waals surface area contributed by atoms with Crippen LogP contribution in [0.25, 0.3) is 0 Å². The quantitative estimate of drug-likeness (QED) is 0.726. The third-order valence-corrected chi connectivity index (χ3v) is 3.01. The van der Waals surface area contributed by atoms with E-state index in [1.54, 1.807) is 0 Å². The maximum Gasteiger partial charge on any atom is 0.306 e. The first kappa shape index (κ1) is 16.2. The summed E-state index contributed by atoms with van der Waals surface area (Å²) in [6.07, 6.45) is 0.302. The Labute approximate surface area is 119 Å². The van der Waals surface area contributed by atoms with E-state index in [1.807, 2.05) is 42.2 Å². The summed E-state index contributed by atoms with van der Waals surface area (Å²) in [6.45, 7) is 4.02. The molecule has 1 amide bonds. The number of nitrogens with one attached hydrogen (secondary N) is 1. The zero-order chi connectivity index (χ0) is 14.8. The van der Waals surface area contributed by atoms with E-state index in [-0.39, 0.29) is 11.9 Å². The summed E-state index contributed by atoms with van der Waals surface area (Å²) in [6, 6.07) is 9.76. The van der Waals surface area contributed by atoms with Gasteiger partial charge in [0.25, 0.3) is 0 Å². The summed E-state index contributed by atoms with van der Waals surface area (Å²) in [5.41, 5.74) is 1.07. The van der Waals surface area contributed by atoms with E-state index in [4.69, 9.17) is 0 Å². The van der Waals surface area contributed by atoms with Gasteiger partial charge in [0.2, 0.25) is 5.91 Å². The van der Waals surface area contributed by atoms with Crippen molar-refractivity contribution in [3.05, 3.63) is 35.9 Å². The summed E-state index contributed by atoms with van der Waals surface area (Å²) in [5.74, 6) is -0.297. The number of nitrogens with zero attached hydrogens (tertiary/aromatic N) is 1. The van der Waals surface area contributed by atoms with Crippen LogP contribution >= 0.6 is 0 Å². The monoisotopic (exact) mass is 278 g/mol. The third kappa shape index (κ3) is 6.33. The zero-order valence-corrected chi connectivity index (χ0v) is 12.1. The van der Waals surface area contributed by atoms with Gasteiger partial charge in [-0.1, -0.05) is 37.3 Å². The Morgan fingerprint density at radius 3 is 2.55 bits per heavy atom. The molecule has 1 aromatic carbocycles. The van der Waals surface area contributed by atoms with Crippen LogP contribution in [0.1, 0.15) is 18.9 Å². The van der Waals surface area contributed by atoms with Gasteiger partial charge in [0.15, 0.2) is 0 Å². The molecule has 0 fully saturated rings. The summed E-state index contributed by atoms with van der Waals surface area (Å²) >= 11 is 0. The van der Waals surface area contributed by atoms with Gasteiger partial charge >= 0.3 is 5.97 Å². The van der Waals surface area contributed by atoms with Crippen LogP contribution in [-0.2, 0) is 20.9 Å². The van der Waals surface area contributed by atoms with Crippen molar-refractivity contribution in [2.45, 2.75) is 19.9 Å². The minimum atomic E-state index is -0.256. The number of carbonyl (C=O) groups is 2. The normalized spacial score (nSPS) is 10.3. The number of carbonyl (C=O) groups excluding carboxylic acids is 2. The van der Waals surface area contributed by atoms with E-state index < -0.39 is 0 Å². The Hall–Kier alpha value is -1.88. The molecular weight excluding hydrogens is 256 g/mol. The van der Waals surface area contributed by atoms with Gasteiger partial charge in [-0.15, -0.1) is 0 Å². The summed E-state index contributed by atoms with van der Waals surface area (Å²) < 4.78 is 4.59. The molecule has 0 bridgehead atoms. The second-order valence-electron chi connectivity index (χ2n) is 4.46. The van der Waals surface area contributed by atoms with Gasteiger partial charge in [-0.2, -0.15) is 0 Å². The lowest BCUT2D eigenvalue weighted by atomic mass is 10.2. The number of hydrogen-bond acceptors (Lipinski definition) is 4. The van der Waals surface area contributed by atoms with Crippen molar-refractivity contribution in [1.82, 2.24) is 10.2 Å². The molecule has 0 atom stereocenters. The van der Waals surface area contributed by atoms with Crippen molar-refractivity contribution in [3.8, 4) is 0 Å². The topological polar surface area (TPSA) is 58.6 Å². The van der Waals surface area contributed by atoms with Crippen molar-refractivity contribution >= 4 is 11.9 Å². The second-order valence-corrected chi connectivity index (χ2v) is 4.46. The molecule has 0 saturated carbocycles. The maximum absolute atomic E-state index is 11.8. The lowest BCUT2D eigenvalue weighted by Crippen LogP contribution is -2.38. The fraction of sp³-hybridized carbons (Fsp3) is 0.467. The molecule has 0 saturated heterocycles. The molecule has 1 rings (SSSR count). The maximum atomic E-state index is 11.8. The minimum Gasteiger partial charge on any atom is -0.469 e. The number of methoxy groups -OCH3 is 1. The lowest BCUT2D eigenvalue weighted by Gasteiger charge is -2.19. The second kappa shape index (κ2) is 9.09. The van der Waals surface area contributed by atoms with Gasteiger partial charge in [-0.05, 0) is 12.1 Å². The molecule has 1 N–H and O–H groups in total. The fourth-order valence-corrected chi connectivity index (χ4v) is 1.76. The number of esters is 1. The molecule has 20 heavy (non-hydrogen) atoms. The number of rotatable bonds is 8. The van der Waals surface area contributed by atoms with Crippen molar-refractivity contribution < 1.29 is 14.3 Å². The SMILES string of the molecule is CCN(CCC(=O)OC)CC(=O)NCc1ccccc1. The molecule has 1 aromatic rings. The Morgan fingerprint density at radius 2 is 1.95 bits per heavy atom. The standard InChI is InChI=1S/C15H22N2O3/c1-3-17(10-9-15(19)20-2)12-14(18)16-11-13-7-5-4-6-8-13/h4-8H,3,9-12H2,1-2H3,(H,16,18). The van der Waals surface area contributed by atoms with E-state index in [0.29, 0.717) is 26.1 Å². The molecular formula is C15H22N2O3. The molecule has 5 heteroatoms. The van der Waals surface area contributed by atoms with Crippen molar-refractivity contribution in [1.29, 1.82) is 0 Å². The third-order valence-electron chi connectivity index (χ3n) is 3.01. The first-order valence-electron chi connectivity index (χ1n) is 6.75. The summed E-state index contributed by atoms with van der Waals surface area (Å²) in [5, 5.41) is 2.87. The van der Waals surface area contributed by atoms with Gasteiger partial charge in [0, 0.05) is 13.1 Å². The van der Waals surface area contributed by atoms with Crippen LogP contribution in [0.4, 0.5) is 0 Å². The van der Waals surface area contributed by atoms with Crippen LogP contribution in [0, 0.1) is 0 Å². The highest BCUT2D eigenvalue weighted by molar-refractivity contribution is 5.78. The average molecular weight is 278 g/mol. The van der Waals surface area contributed by atoms with E-state index in [0.717, 1.165) is 12.1 Å². The number of amides is 1. The Kier molecular flexibility index (Phi) is 7.35. The van der Waals surface area contributed by atoms with Crippen molar-refractivity contribution in [3.63, 3.8) is 0 Å². The van der Waals surface area contributed by atoms with Crippen molar-refractivity contribution in [2.24, 2.45) is 0 Å². The van der Waals surface area contributed by atoms with Crippen LogP contribution in [0.2, 0.25) is 0 Å². The molecule has 0 unspecified atom stereocenters. The molecule has 0 radical (unpaired) electrons. The predicted molar refractivity (Wildman–Crippen MR) is 77.0 cm³/mol. The molecule has 5 nitrogen and oxygen atoms in total. The van der Waals surface area contributed by atoms with Gasteiger partial charge in [-0.25, -0.2) is 0 Å². The molecule has 0 spiro atoms. The van der Waals surface area contributed by atoms with E-state index in [2.05, 4.69) is 10.1 Å². The molecule has 0 aliphatic rings. The zero-order valence-electron chi connectivity index (χ0n) is 12.1. The summed E-state index contributed by atoms with van der Waals surface area (Å²) in [4.78, 5) is 24.8. The first-order valence-corrected chi connectivity index (χ1v) is 6.75. The van der Waals surface area contributed by atoms with Crippen LogP contribution in [0.5, 0.6) is 0 Å². The largest absolute Gasteiger partial charge is 0.469 e.